The van der Waals surface area contributed by atoms with Gasteiger partial charge in [-0.1, -0.05) is 49.0 Å². The Morgan fingerprint density at radius 2 is 1.92 bits per heavy atom. The highest BCUT2D eigenvalue weighted by Gasteiger charge is 2.28. The standard InChI is InChI=1S/C19H26Cl2N2O2/c1-3-6-18(24)23(12-14-9-10-16(20)17(21)11-14)13(2)19(25)22-15-7-4-5-8-15/h9-11,13,15H,3-8,12H2,1-2H3,(H,22,25)/t13-/m0/s1. The minimum absolute atomic E-state index is 0.0253. The maximum atomic E-state index is 12.6. The molecule has 0 bridgehead atoms. The number of carbonyl (C=O) groups is 2. The van der Waals surface area contributed by atoms with E-state index in [4.69, 9.17) is 23.2 Å². The van der Waals surface area contributed by atoms with Crippen molar-refractivity contribution in [2.75, 3.05) is 0 Å². The van der Waals surface area contributed by atoms with Gasteiger partial charge in [-0.25, -0.2) is 0 Å². The lowest BCUT2D eigenvalue weighted by Crippen LogP contribution is -2.49. The van der Waals surface area contributed by atoms with Crippen LogP contribution in [0.4, 0.5) is 0 Å². The average Bonchev–Trinajstić information content (AvgIpc) is 3.08. The maximum absolute atomic E-state index is 12.6. The molecule has 0 saturated heterocycles. The fraction of sp³-hybridized carbons (Fsp3) is 0.579. The van der Waals surface area contributed by atoms with E-state index in [-0.39, 0.29) is 17.9 Å². The second-order valence-electron chi connectivity index (χ2n) is 6.69. The first-order valence-corrected chi connectivity index (χ1v) is 9.71. The van der Waals surface area contributed by atoms with Crippen molar-refractivity contribution in [3.05, 3.63) is 33.8 Å². The number of carbonyl (C=O) groups excluding carboxylic acids is 2. The Labute approximate surface area is 159 Å². The van der Waals surface area contributed by atoms with Crippen molar-refractivity contribution in [1.82, 2.24) is 10.2 Å². The van der Waals surface area contributed by atoms with Gasteiger partial charge in [0.2, 0.25) is 11.8 Å². The second-order valence-corrected chi connectivity index (χ2v) is 7.50. The predicted octanol–water partition coefficient (Wildman–Crippen LogP) is 4.57. The molecular weight excluding hydrogens is 359 g/mol. The summed E-state index contributed by atoms with van der Waals surface area (Å²) in [6.07, 6.45) is 5.51. The van der Waals surface area contributed by atoms with Crippen LogP contribution in [-0.2, 0) is 16.1 Å². The lowest BCUT2D eigenvalue weighted by molar-refractivity contribution is -0.140. The highest BCUT2D eigenvalue weighted by Crippen LogP contribution is 2.24. The van der Waals surface area contributed by atoms with Crippen LogP contribution < -0.4 is 5.32 Å². The summed E-state index contributed by atoms with van der Waals surface area (Å²) in [6, 6.07) is 5.02. The van der Waals surface area contributed by atoms with Crippen LogP contribution in [0.25, 0.3) is 0 Å². The topological polar surface area (TPSA) is 49.4 Å². The highest BCUT2D eigenvalue weighted by atomic mass is 35.5. The van der Waals surface area contributed by atoms with Gasteiger partial charge in [0, 0.05) is 19.0 Å². The third-order valence-electron chi connectivity index (χ3n) is 4.67. The van der Waals surface area contributed by atoms with Crippen LogP contribution in [0.1, 0.15) is 57.9 Å². The third-order valence-corrected chi connectivity index (χ3v) is 5.41. The number of benzene rings is 1. The van der Waals surface area contributed by atoms with Crippen LogP contribution in [0.5, 0.6) is 0 Å². The van der Waals surface area contributed by atoms with E-state index in [0.29, 0.717) is 23.0 Å². The molecule has 0 unspecified atom stereocenters. The summed E-state index contributed by atoms with van der Waals surface area (Å²) in [7, 11) is 0. The van der Waals surface area contributed by atoms with Gasteiger partial charge in [0.15, 0.2) is 0 Å². The Morgan fingerprint density at radius 3 is 2.52 bits per heavy atom. The first-order valence-electron chi connectivity index (χ1n) is 8.96. The molecule has 1 N–H and O–H groups in total. The van der Waals surface area contributed by atoms with Crippen molar-refractivity contribution in [2.45, 2.75) is 71.0 Å². The highest BCUT2D eigenvalue weighted by molar-refractivity contribution is 6.42. The van der Waals surface area contributed by atoms with E-state index in [1.807, 2.05) is 13.0 Å². The zero-order valence-corrected chi connectivity index (χ0v) is 16.4. The molecule has 1 saturated carbocycles. The largest absolute Gasteiger partial charge is 0.352 e. The lowest BCUT2D eigenvalue weighted by atomic mass is 10.1. The van der Waals surface area contributed by atoms with Gasteiger partial charge in [0.25, 0.3) is 0 Å². The summed E-state index contributed by atoms with van der Waals surface area (Å²) >= 11 is 12.0. The summed E-state index contributed by atoms with van der Waals surface area (Å²) < 4.78 is 0. The van der Waals surface area contributed by atoms with E-state index < -0.39 is 6.04 Å². The van der Waals surface area contributed by atoms with Gasteiger partial charge < -0.3 is 10.2 Å². The van der Waals surface area contributed by atoms with Crippen molar-refractivity contribution in [3.63, 3.8) is 0 Å². The lowest BCUT2D eigenvalue weighted by Gasteiger charge is -2.29. The zero-order valence-electron chi connectivity index (χ0n) is 14.9. The Morgan fingerprint density at radius 1 is 1.24 bits per heavy atom. The number of halogens is 2. The number of hydrogen-bond donors (Lipinski definition) is 1. The number of hydrogen-bond acceptors (Lipinski definition) is 2. The Balaban J connectivity index is 2.11. The second kappa shape index (κ2) is 9.44. The molecule has 1 aliphatic carbocycles. The average molecular weight is 385 g/mol. The molecule has 0 aliphatic heterocycles. The van der Waals surface area contributed by atoms with Crippen molar-refractivity contribution < 1.29 is 9.59 Å². The van der Waals surface area contributed by atoms with E-state index in [0.717, 1.165) is 37.7 Å². The summed E-state index contributed by atoms with van der Waals surface area (Å²) in [5, 5.41) is 4.01. The summed E-state index contributed by atoms with van der Waals surface area (Å²) in [4.78, 5) is 26.8. The van der Waals surface area contributed by atoms with E-state index in [1.165, 1.54) is 0 Å². The molecule has 1 aromatic carbocycles. The van der Waals surface area contributed by atoms with Gasteiger partial charge in [-0.3, -0.25) is 9.59 Å². The van der Waals surface area contributed by atoms with Gasteiger partial charge >= 0.3 is 0 Å². The minimum Gasteiger partial charge on any atom is -0.352 e. The van der Waals surface area contributed by atoms with Crippen LogP contribution in [0.2, 0.25) is 10.0 Å². The fourth-order valence-electron chi connectivity index (χ4n) is 3.17. The maximum Gasteiger partial charge on any atom is 0.242 e. The number of amides is 2. The molecule has 25 heavy (non-hydrogen) atoms. The van der Waals surface area contributed by atoms with E-state index in [2.05, 4.69) is 5.32 Å². The monoisotopic (exact) mass is 384 g/mol. The SMILES string of the molecule is CCCC(=O)N(Cc1ccc(Cl)c(Cl)c1)[C@@H](C)C(=O)NC1CCCC1. The van der Waals surface area contributed by atoms with Crippen molar-refractivity contribution >= 4 is 35.0 Å². The molecule has 1 fully saturated rings. The molecule has 1 aromatic rings. The normalized spacial score (nSPS) is 15.8. The van der Waals surface area contributed by atoms with Crippen LogP contribution in [0, 0.1) is 0 Å². The van der Waals surface area contributed by atoms with Crippen LogP contribution in [0.15, 0.2) is 18.2 Å². The van der Waals surface area contributed by atoms with E-state index in [1.54, 1.807) is 24.0 Å². The quantitative estimate of drug-likeness (QED) is 0.748. The molecule has 2 amide bonds. The van der Waals surface area contributed by atoms with Gasteiger partial charge in [0.1, 0.15) is 6.04 Å². The van der Waals surface area contributed by atoms with Gasteiger partial charge in [-0.15, -0.1) is 0 Å². The molecule has 0 radical (unpaired) electrons. The molecule has 2 rings (SSSR count). The van der Waals surface area contributed by atoms with Crippen LogP contribution in [-0.4, -0.2) is 28.8 Å². The predicted molar refractivity (Wildman–Crippen MR) is 102 cm³/mol. The summed E-state index contributed by atoms with van der Waals surface area (Å²) in [5.41, 5.74) is 0.861. The Kier molecular flexibility index (Phi) is 7.57. The first-order chi connectivity index (χ1) is 11.9. The minimum atomic E-state index is -0.519. The van der Waals surface area contributed by atoms with Gasteiger partial charge in [0.05, 0.1) is 10.0 Å². The Hall–Kier alpha value is -1.26. The number of nitrogens with one attached hydrogen (secondary N) is 1. The fourth-order valence-corrected chi connectivity index (χ4v) is 3.49. The van der Waals surface area contributed by atoms with E-state index >= 15 is 0 Å². The molecule has 1 atom stereocenters. The first kappa shape index (κ1) is 20.1. The Bertz CT molecular complexity index is 615. The molecular formula is C19H26Cl2N2O2. The van der Waals surface area contributed by atoms with Crippen molar-refractivity contribution in [2.24, 2.45) is 0 Å². The van der Waals surface area contributed by atoms with Gasteiger partial charge in [-0.05, 0) is 43.9 Å². The van der Waals surface area contributed by atoms with Crippen LogP contribution in [0.3, 0.4) is 0 Å². The van der Waals surface area contributed by atoms with Crippen LogP contribution >= 0.6 is 23.2 Å². The van der Waals surface area contributed by atoms with Crippen molar-refractivity contribution in [1.29, 1.82) is 0 Å². The third kappa shape index (κ3) is 5.61. The van der Waals surface area contributed by atoms with Gasteiger partial charge in [-0.2, -0.15) is 0 Å². The zero-order chi connectivity index (χ0) is 18.4. The molecule has 4 nitrogen and oxygen atoms in total. The smallest absolute Gasteiger partial charge is 0.242 e. The van der Waals surface area contributed by atoms with Crippen molar-refractivity contribution in [3.8, 4) is 0 Å². The molecule has 6 heteroatoms. The summed E-state index contributed by atoms with van der Waals surface area (Å²) in [5.74, 6) is -0.112. The number of nitrogens with zero attached hydrogens (tertiary/aromatic N) is 1. The molecule has 1 aliphatic rings. The van der Waals surface area contributed by atoms with E-state index in [9.17, 15) is 9.59 Å². The molecule has 0 heterocycles. The molecule has 0 aromatic heterocycles. The number of rotatable bonds is 7. The molecule has 0 spiro atoms. The summed E-state index contributed by atoms with van der Waals surface area (Å²) in [6.45, 7) is 4.09. The molecule has 138 valence electrons.